The Balaban J connectivity index is 1.87. The highest BCUT2D eigenvalue weighted by Crippen LogP contribution is 2.12. The molecule has 2 aromatic heterocycles. The fourth-order valence-electron chi connectivity index (χ4n) is 3.22. The largest absolute Gasteiger partial charge is 0.293 e. The van der Waals surface area contributed by atoms with E-state index in [0.717, 1.165) is 24.3 Å². The molecule has 0 amide bonds. The predicted molar refractivity (Wildman–Crippen MR) is 106 cm³/mol. The van der Waals surface area contributed by atoms with E-state index in [-0.39, 0.29) is 5.56 Å². The van der Waals surface area contributed by atoms with E-state index in [1.54, 1.807) is 16.7 Å². The van der Waals surface area contributed by atoms with Gasteiger partial charge < -0.3 is 0 Å². The smallest absolute Gasteiger partial charge is 0.258 e. The molecule has 4 heteroatoms. The van der Waals surface area contributed by atoms with Crippen molar-refractivity contribution in [2.45, 2.75) is 40.8 Å². The lowest BCUT2D eigenvalue weighted by atomic mass is 10.1. The van der Waals surface area contributed by atoms with Gasteiger partial charge in [0.05, 0.1) is 5.69 Å². The summed E-state index contributed by atoms with van der Waals surface area (Å²) in [6, 6.07) is 14.2. The maximum Gasteiger partial charge on any atom is 0.258 e. The van der Waals surface area contributed by atoms with Gasteiger partial charge in [0.1, 0.15) is 5.65 Å². The molecule has 0 fully saturated rings. The van der Waals surface area contributed by atoms with Crippen molar-refractivity contribution in [1.29, 1.82) is 0 Å². The molecule has 0 bridgehead atoms. The Morgan fingerprint density at radius 3 is 2.42 bits per heavy atom. The van der Waals surface area contributed by atoms with Crippen molar-refractivity contribution < 1.29 is 0 Å². The molecule has 0 aliphatic heterocycles. The number of aromatic nitrogens is 2. The molecule has 0 atom stereocenters. The van der Waals surface area contributed by atoms with Crippen LogP contribution >= 0.6 is 0 Å². The molecular formula is C22H27N3O. The summed E-state index contributed by atoms with van der Waals surface area (Å²) in [5.74, 6) is 0.546. The summed E-state index contributed by atoms with van der Waals surface area (Å²) in [5, 5.41) is 0. The van der Waals surface area contributed by atoms with Gasteiger partial charge in [-0.2, -0.15) is 0 Å². The van der Waals surface area contributed by atoms with Crippen LogP contribution in [0.25, 0.3) is 5.65 Å². The molecule has 0 aliphatic rings. The standard InChI is InChI=1S/C22H27N3O/c1-16(2)13-24(14-19-7-5-17(3)6-8-19)15-20-12-22(26)25-10-9-18(4)11-21(25)23-20/h5-12,16H,13-15H2,1-4H3. The number of fused-ring (bicyclic) bond motifs is 1. The van der Waals surface area contributed by atoms with Crippen molar-refractivity contribution in [3.8, 4) is 0 Å². The maximum atomic E-state index is 12.4. The third-order valence-electron chi connectivity index (χ3n) is 4.41. The lowest BCUT2D eigenvalue weighted by Gasteiger charge is -2.24. The molecule has 3 rings (SSSR count). The first-order chi connectivity index (χ1) is 12.4. The number of pyridine rings is 1. The van der Waals surface area contributed by atoms with E-state index < -0.39 is 0 Å². The van der Waals surface area contributed by atoms with E-state index in [9.17, 15) is 4.79 Å². The number of benzene rings is 1. The second kappa shape index (κ2) is 7.83. The first kappa shape index (κ1) is 18.3. The molecule has 0 saturated heterocycles. The lowest BCUT2D eigenvalue weighted by molar-refractivity contribution is 0.225. The van der Waals surface area contributed by atoms with Crippen molar-refractivity contribution in [1.82, 2.24) is 14.3 Å². The highest BCUT2D eigenvalue weighted by molar-refractivity contribution is 5.41. The molecule has 0 unspecified atom stereocenters. The maximum absolute atomic E-state index is 12.4. The van der Waals surface area contributed by atoms with E-state index in [1.807, 2.05) is 19.1 Å². The van der Waals surface area contributed by atoms with Crippen LogP contribution in [0.4, 0.5) is 0 Å². The highest BCUT2D eigenvalue weighted by Gasteiger charge is 2.12. The molecule has 2 heterocycles. The van der Waals surface area contributed by atoms with Crippen LogP contribution < -0.4 is 5.56 Å². The molecule has 3 aromatic rings. The van der Waals surface area contributed by atoms with Gasteiger partial charge in [0.25, 0.3) is 5.56 Å². The summed E-state index contributed by atoms with van der Waals surface area (Å²) < 4.78 is 1.60. The zero-order valence-electron chi connectivity index (χ0n) is 16.1. The highest BCUT2D eigenvalue weighted by atomic mass is 16.1. The van der Waals surface area contributed by atoms with Crippen molar-refractivity contribution in [2.24, 2.45) is 5.92 Å². The summed E-state index contributed by atoms with van der Waals surface area (Å²) >= 11 is 0. The Morgan fingerprint density at radius 2 is 1.73 bits per heavy atom. The van der Waals surface area contributed by atoms with Crippen molar-refractivity contribution in [3.05, 3.63) is 81.4 Å². The average Bonchev–Trinajstić information content (AvgIpc) is 2.56. The third-order valence-corrected chi connectivity index (χ3v) is 4.41. The van der Waals surface area contributed by atoms with Crippen molar-refractivity contribution in [2.75, 3.05) is 6.54 Å². The van der Waals surface area contributed by atoms with Crippen LogP contribution in [-0.4, -0.2) is 20.8 Å². The van der Waals surface area contributed by atoms with Gasteiger partial charge in [0, 0.05) is 31.9 Å². The Bertz CT molecular complexity index is 942. The van der Waals surface area contributed by atoms with Crippen molar-refractivity contribution >= 4 is 5.65 Å². The van der Waals surface area contributed by atoms with E-state index in [1.165, 1.54) is 11.1 Å². The first-order valence-corrected chi connectivity index (χ1v) is 9.17. The molecule has 26 heavy (non-hydrogen) atoms. The monoisotopic (exact) mass is 349 g/mol. The second-order valence-corrected chi connectivity index (χ2v) is 7.57. The Morgan fingerprint density at radius 1 is 1.00 bits per heavy atom. The minimum absolute atomic E-state index is 0.0233. The zero-order valence-corrected chi connectivity index (χ0v) is 16.1. The Kier molecular flexibility index (Phi) is 5.52. The fraction of sp³-hybridized carbons (Fsp3) is 0.364. The molecule has 136 valence electrons. The topological polar surface area (TPSA) is 37.6 Å². The van der Waals surface area contributed by atoms with Gasteiger partial charge >= 0.3 is 0 Å². The van der Waals surface area contributed by atoms with Crippen LogP contribution in [0.3, 0.4) is 0 Å². The molecule has 1 aromatic carbocycles. The quantitative estimate of drug-likeness (QED) is 0.676. The van der Waals surface area contributed by atoms with Crippen molar-refractivity contribution in [3.63, 3.8) is 0 Å². The van der Waals surface area contributed by atoms with Crippen LogP contribution in [0.5, 0.6) is 0 Å². The normalized spacial score (nSPS) is 11.6. The molecule has 0 radical (unpaired) electrons. The first-order valence-electron chi connectivity index (χ1n) is 9.17. The van der Waals surface area contributed by atoms with E-state index in [4.69, 9.17) is 4.98 Å². The summed E-state index contributed by atoms with van der Waals surface area (Å²) in [6.45, 7) is 11.0. The number of aryl methyl sites for hydroxylation is 2. The number of nitrogens with zero attached hydrogens (tertiary/aromatic N) is 3. The molecule has 0 N–H and O–H groups in total. The number of hydrogen-bond acceptors (Lipinski definition) is 3. The van der Waals surface area contributed by atoms with Crippen LogP contribution in [0, 0.1) is 19.8 Å². The van der Waals surface area contributed by atoms with E-state index >= 15 is 0 Å². The van der Waals surface area contributed by atoms with Gasteiger partial charge in [-0.15, -0.1) is 0 Å². The predicted octanol–water partition coefficient (Wildman–Crippen LogP) is 3.97. The van der Waals surface area contributed by atoms with Gasteiger partial charge in [0.15, 0.2) is 0 Å². The van der Waals surface area contributed by atoms with Crippen LogP contribution in [0.15, 0.2) is 53.5 Å². The summed E-state index contributed by atoms with van der Waals surface area (Å²) in [6.07, 6.45) is 1.79. The molecule has 0 spiro atoms. The Hall–Kier alpha value is -2.46. The average molecular weight is 349 g/mol. The molecule has 4 nitrogen and oxygen atoms in total. The Labute approximate surface area is 155 Å². The van der Waals surface area contributed by atoms with Gasteiger partial charge in [-0.1, -0.05) is 43.7 Å². The van der Waals surface area contributed by atoms with E-state index in [0.29, 0.717) is 18.1 Å². The van der Waals surface area contributed by atoms with E-state index in [2.05, 4.69) is 49.9 Å². The lowest BCUT2D eigenvalue weighted by Crippen LogP contribution is -2.28. The SMILES string of the molecule is Cc1ccc(CN(Cc2cc(=O)n3ccc(C)cc3n2)CC(C)C)cc1. The third kappa shape index (κ3) is 4.58. The van der Waals surface area contributed by atoms with Crippen LogP contribution in [0.1, 0.15) is 36.2 Å². The minimum Gasteiger partial charge on any atom is -0.293 e. The summed E-state index contributed by atoms with van der Waals surface area (Å²) in [5.41, 5.74) is 5.17. The summed E-state index contributed by atoms with van der Waals surface area (Å²) in [7, 11) is 0. The van der Waals surface area contributed by atoms with Gasteiger partial charge in [0.2, 0.25) is 0 Å². The van der Waals surface area contributed by atoms with Gasteiger partial charge in [-0.3, -0.25) is 14.1 Å². The minimum atomic E-state index is -0.0233. The van der Waals surface area contributed by atoms with Crippen LogP contribution in [-0.2, 0) is 13.1 Å². The fourth-order valence-corrected chi connectivity index (χ4v) is 3.22. The zero-order chi connectivity index (χ0) is 18.7. The second-order valence-electron chi connectivity index (χ2n) is 7.57. The van der Waals surface area contributed by atoms with Gasteiger partial charge in [-0.05, 0) is 43.0 Å². The molecular weight excluding hydrogens is 322 g/mol. The molecule has 0 saturated carbocycles. The van der Waals surface area contributed by atoms with Crippen LogP contribution in [0.2, 0.25) is 0 Å². The number of hydrogen-bond donors (Lipinski definition) is 0. The van der Waals surface area contributed by atoms with Gasteiger partial charge in [-0.25, -0.2) is 4.98 Å². The summed E-state index contributed by atoms with van der Waals surface area (Å²) in [4.78, 5) is 19.5. The number of rotatable bonds is 6. The molecule has 0 aliphatic carbocycles.